The maximum Gasteiger partial charge on any atom is 0.331 e. The van der Waals surface area contributed by atoms with E-state index in [0.29, 0.717) is 19.3 Å². The lowest BCUT2D eigenvalue weighted by atomic mass is 10.0. The zero-order chi connectivity index (χ0) is 18.7. The molecule has 0 aromatic rings. The zero-order valence-corrected chi connectivity index (χ0v) is 15.0. The lowest BCUT2D eigenvalue weighted by Gasteiger charge is -2.36. The van der Waals surface area contributed by atoms with Gasteiger partial charge in [0.05, 0.1) is 6.04 Å². The lowest BCUT2D eigenvalue weighted by molar-refractivity contribution is -0.150. The molecule has 2 fully saturated rings. The number of rotatable bonds is 5. The van der Waals surface area contributed by atoms with Gasteiger partial charge in [-0.2, -0.15) is 0 Å². The number of carbonyl (C=O) groups excluding carboxylic acids is 2. The van der Waals surface area contributed by atoms with E-state index in [-0.39, 0.29) is 35.8 Å². The second-order valence-electron chi connectivity index (χ2n) is 6.98. The third-order valence-electron chi connectivity index (χ3n) is 4.70. The van der Waals surface area contributed by atoms with Gasteiger partial charge in [0, 0.05) is 43.0 Å². The largest absolute Gasteiger partial charge is 0.478 e. The first kappa shape index (κ1) is 19.2. The van der Waals surface area contributed by atoms with Crippen molar-refractivity contribution in [3.63, 3.8) is 0 Å². The van der Waals surface area contributed by atoms with E-state index in [0.717, 1.165) is 11.6 Å². The van der Waals surface area contributed by atoms with Crippen molar-refractivity contribution in [3.05, 3.63) is 23.3 Å². The standard InChI is InChI=1S/C18H25NO6/c1-10(2)5-16(20)25-15-8-12-7-13(9-14(15)19(12)4)24-17(21)6-11(3)18(22)23/h5-6,12-15H,7-9H2,1-4H3,(H,22,23)/b11-6+/t12?,13-,14?,15-/m1/s1. The first-order chi connectivity index (χ1) is 11.7. The molecule has 2 aliphatic rings. The molecule has 2 bridgehead atoms. The third kappa shape index (κ3) is 4.92. The maximum absolute atomic E-state index is 11.9. The van der Waals surface area contributed by atoms with Gasteiger partial charge in [-0.15, -0.1) is 0 Å². The number of allylic oxidation sites excluding steroid dienone is 1. The molecule has 7 heteroatoms. The number of piperidine rings is 1. The zero-order valence-electron chi connectivity index (χ0n) is 15.0. The molecule has 0 amide bonds. The molecule has 1 N–H and O–H groups in total. The molecule has 7 nitrogen and oxygen atoms in total. The van der Waals surface area contributed by atoms with Crippen molar-refractivity contribution in [2.45, 2.75) is 64.3 Å². The molecule has 2 unspecified atom stereocenters. The van der Waals surface area contributed by atoms with E-state index in [2.05, 4.69) is 4.90 Å². The van der Waals surface area contributed by atoms with Gasteiger partial charge in [0.1, 0.15) is 12.2 Å². The number of esters is 2. The summed E-state index contributed by atoms with van der Waals surface area (Å²) in [6.45, 7) is 5.02. The monoisotopic (exact) mass is 351 g/mol. The summed E-state index contributed by atoms with van der Waals surface area (Å²) < 4.78 is 11.0. The average molecular weight is 351 g/mol. The Morgan fingerprint density at radius 2 is 1.64 bits per heavy atom. The van der Waals surface area contributed by atoms with Crippen LogP contribution in [0.15, 0.2) is 23.3 Å². The van der Waals surface area contributed by atoms with Crippen molar-refractivity contribution in [2.75, 3.05) is 7.05 Å². The molecule has 0 radical (unpaired) electrons. The minimum atomic E-state index is -1.15. The Labute approximate surface area is 147 Å². The summed E-state index contributed by atoms with van der Waals surface area (Å²) >= 11 is 0. The van der Waals surface area contributed by atoms with Gasteiger partial charge >= 0.3 is 17.9 Å². The van der Waals surface area contributed by atoms with Crippen molar-refractivity contribution in [1.29, 1.82) is 0 Å². The molecular formula is C18H25NO6. The van der Waals surface area contributed by atoms with Crippen LogP contribution >= 0.6 is 0 Å². The van der Waals surface area contributed by atoms with E-state index in [1.54, 1.807) is 0 Å². The van der Waals surface area contributed by atoms with Crippen LogP contribution in [0.5, 0.6) is 0 Å². The summed E-state index contributed by atoms with van der Waals surface area (Å²) in [7, 11) is 1.98. The van der Waals surface area contributed by atoms with Gasteiger partial charge in [-0.3, -0.25) is 4.90 Å². The van der Waals surface area contributed by atoms with Gasteiger partial charge in [0.15, 0.2) is 0 Å². The predicted molar refractivity (Wildman–Crippen MR) is 89.8 cm³/mol. The molecule has 2 rings (SSSR count). The highest BCUT2D eigenvalue weighted by atomic mass is 16.6. The molecule has 0 saturated carbocycles. The minimum Gasteiger partial charge on any atom is -0.478 e. The van der Waals surface area contributed by atoms with Gasteiger partial charge in [-0.1, -0.05) is 5.57 Å². The molecule has 0 aromatic heterocycles. The third-order valence-corrected chi connectivity index (χ3v) is 4.70. The van der Waals surface area contributed by atoms with Crippen LogP contribution in [-0.2, 0) is 23.9 Å². The van der Waals surface area contributed by atoms with Crippen molar-refractivity contribution < 1.29 is 29.0 Å². The molecule has 25 heavy (non-hydrogen) atoms. The molecule has 4 atom stereocenters. The van der Waals surface area contributed by atoms with Crippen LogP contribution in [-0.4, -0.2) is 59.3 Å². The Morgan fingerprint density at radius 3 is 2.24 bits per heavy atom. The summed E-state index contributed by atoms with van der Waals surface area (Å²) in [5.41, 5.74) is 0.821. The van der Waals surface area contributed by atoms with Gasteiger partial charge in [-0.05, 0) is 27.8 Å². The Morgan fingerprint density at radius 1 is 1.00 bits per heavy atom. The Hall–Kier alpha value is -2.15. The van der Waals surface area contributed by atoms with E-state index in [9.17, 15) is 14.4 Å². The van der Waals surface area contributed by atoms with Gasteiger partial charge in [0.2, 0.25) is 0 Å². The highest BCUT2D eigenvalue weighted by Crippen LogP contribution is 2.37. The quantitative estimate of drug-likeness (QED) is 0.595. The number of carbonyl (C=O) groups is 3. The Kier molecular flexibility index (Phi) is 6.00. The number of fused-ring (bicyclic) bond motifs is 2. The number of aliphatic carboxylic acids is 1. The number of carboxylic acid groups (broad SMARTS) is 1. The van der Waals surface area contributed by atoms with Crippen LogP contribution < -0.4 is 0 Å². The topological polar surface area (TPSA) is 93.1 Å². The van der Waals surface area contributed by atoms with Gasteiger partial charge in [-0.25, -0.2) is 14.4 Å². The summed E-state index contributed by atoms with van der Waals surface area (Å²) in [4.78, 5) is 36.7. The minimum absolute atomic E-state index is 0.00406. The van der Waals surface area contributed by atoms with Crippen molar-refractivity contribution >= 4 is 17.9 Å². The van der Waals surface area contributed by atoms with E-state index < -0.39 is 11.9 Å². The molecule has 0 aliphatic carbocycles. The number of ether oxygens (including phenoxy) is 2. The van der Waals surface area contributed by atoms with E-state index in [1.165, 1.54) is 13.0 Å². The SMILES string of the molecule is CC(C)=CC(=O)O[C@@H]1CC2C[C@@H](OC(=O)/C=C(\C)C(=O)O)CC1N2C. The normalized spacial score (nSPS) is 29.0. The van der Waals surface area contributed by atoms with Crippen LogP contribution in [0.1, 0.15) is 40.0 Å². The first-order valence-corrected chi connectivity index (χ1v) is 8.37. The Bertz CT molecular complexity index is 619. The number of carboxylic acids is 1. The predicted octanol–water partition coefficient (Wildman–Crippen LogP) is 1.67. The maximum atomic E-state index is 11.9. The van der Waals surface area contributed by atoms with E-state index >= 15 is 0 Å². The fourth-order valence-electron chi connectivity index (χ4n) is 3.45. The summed E-state index contributed by atoms with van der Waals surface area (Å²) in [5.74, 6) is -2.14. The summed E-state index contributed by atoms with van der Waals surface area (Å²) in [6, 6.07) is 0.168. The Balaban J connectivity index is 1.97. The number of hydrogen-bond acceptors (Lipinski definition) is 6. The molecule has 2 heterocycles. The summed E-state index contributed by atoms with van der Waals surface area (Å²) in [6.07, 6.45) is 3.86. The lowest BCUT2D eigenvalue weighted by Crippen LogP contribution is -2.46. The fourth-order valence-corrected chi connectivity index (χ4v) is 3.45. The summed E-state index contributed by atoms with van der Waals surface area (Å²) in [5, 5.41) is 8.81. The second-order valence-corrected chi connectivity index (χ2v) is 6.98. The van der Waals surface area contributed by atoms with Crippen LogP contribution in [0.4, 0.5) is 0 Å². The molecule has 2 saturated heterocycles. The van der Waals surface area contributed by atoms with Crippen molar-refractivity contribution in [1.82, 2.24) is 4.90 Å². The number of nitrogens with zero attached hydrogens (tertiary/aromatic N) is 1. The molecule has 0 aromatic carbocycles. The smallest absolute Gasteiger partial charge is 0.331 e. The van der Waals surface area contributed by atoms with Crippen LogP contribution in [0.3, 0.4) is 0 Å². The van der Waals surface area contributed by atoms with Gasteiger partial charge in [0.25, 0.3) is 0 Å². The van der Waals surface area contributed by atoms with Gasteiger partial charge < -0.3 is 14.6 Å². The van der Waals surface area contributed by atoms with Crippen LogP contribution in [0.25, 0.3) is 0 Å². The van der Waals surface area contributed by atoms with Crippen LogP contribution in [0.2, 0.25) is 0 Å². The highest BCUT2D eigenvalue weighted by molar-refractivity contribution is 5.94. The second kappa shape index (κ2) is 7.82. The number of hydrogen-bond donors (Lipinski definition) is 1. The first-order valence-electron chi connectivity index (χ1n) is 8.37. The highest BCUT2D eigenvalue weighted by Gasteiger charge is 2.47. The molecule has 2 aliphatic heterocycles. The molecular weight excluding hydrogens is 326 g/mol. The van der Waals surface area contributed by atoms with E-state index in [4.69, 9.17) is 14.6 Å². The van der Waals surface area contributed by atoms with Crippen molar-refractivity contribution in [3.8, 4) is 0 Å². The fraction of sp³-hybridized carbons (Fsp3) is 0.611. The molecule has 138 valence electrons. The number of likely N-dealkylation sites (N-methyl/N-ethyl adjacent to an activating group) is 1. The average Bonchev–Trinajstić information content (AvgIpc) is 2.66. The van der Waals surface area contributed by atoms with E-state index in [1.807, 2.05) is 20.9 Å². The van der Waals surface area contributed by atoms with Crippen molar-refractivity contribution in [2.24, 2.45) is 0 Å². The van der Waals surface area contributed by atoms with Crippen LogP contribution in [0, 0.1) is 0 Å². The molecule has 0 spiro atoms.